The topological polar surface area (TPSA) is 37.3 Å². The van der Waals surface area contributed by atoms with Gasteiger partial charge in [-0.25, -0.2) is 0 Å². The van der Waals surface area contributed by atoms with Gasteiger partial charge >= 0.3 is 5.97 Å². The van der Waals surface area contributed by atoms with E-state index in [1.54, 1.807) is 13.8 Å². The molecule has 3 heteroatoms. The Hall–Kier alpha value is -1.61. The summed E-state index contributed by atoms with van der Waals surface area (Å²) in [6.07, 6.45) is 0. The monoisotopic (exact) mass is 332 g/mol. The van der Waals surface area contributed by atoms with Crippen molar-refractivity contribution in [2.24, 2.45) is 5.41 Å². The van der Waals surface area contributed by atoms with Crippen molar-refractivity contribution in [3.8, 4) is 0 Å². The summed E-state index contributed by atoms with van der Waals surface area (Å²) >= 11 is 3.41. The molecule has 0 aliphatic carbocycles. The van der Waals surface area contributed by atoms with Crippen LogP contribution in [0.4, 0.5) is 0 Å². The minimum absolute atomic E-state index is 0.186. The molecule has 0 fully saturated rings. The van der Waals surface area contributed by atoms with E-state index in [2.05, 4.69) is 15.9 Å². The molecule has 2 aromatic rings. The maximum atomic E-state index is 11.7. The van der Waals surface area contributed by atoms with Gasteiger partial charge in [0.2, 0.25) is 0 Å². The van der Waals surface area contributed by atoms with Crippen LogP contribution in [0.5, 0.6) is 0 Å². The third kappa shape index (κ3) is 2.93. The fourth-order valence-electron chi connectivity index (χ4n) is 2.45. The highest BCUT2D eigenvalue weighted by molar-refractivity contribution is 9.10. The van der Waals surface area contributed by atoms with E-state index < -0.39 is 11.4 Å². The van der Waals surface area contributed by atoms with Crippen LogP contribution >= 0.6 is 15.9 Å². The van der Waals surface area contributed by atoms with Gasteiger partial charge in [0, 0.05) is 10.4 Å². The van der Waals surface area contributed by atoms with E-state index in [0.29, 0.717) is 0 Å². The summed E-state index contributed by atoms with van der Waals surface area (Å²) in [6.45, 7) is 3.55. The Morgan fingerprint density at radius 3 is 2.00 bits per heavy atom. The first-order valence-electron chi connectivity index (χ1n) is 6.46. The van der Waals surface area contributed by atoms with Crippen LogP contribution in [0.2, 0.25) is 0 Å². The molecule has 1 atom stereocenters. The van der Waals surface area contributed by atoms with E-state index in [1.807, 2.05) is 54.6 Å². The van der Waals surface area contributed by atoms with Crippen molar-refractivity contribution in [1.82, 2.24) is 0 Å². The lowest BCUT2D eigenvalue weighted by molar-refractivity contribution is -0.147. The first-order chi connectivity index (χ1) is 9.43. The number of benzene rings is 2. The van der Waals surface area contributed by atoms with Crippen molar-refractivity contribution in [3.63, 3.8) is 0 Å². The van der Waals surface area contributed by atoms with Gasteiger partial charge in [0.1, 0.15) is 0 Å². The van der Waals surface area contributed by atoms with Crippen LogP contribution in [-0.2, 0) is 4.79 Å². The summed E-state index contributed by atoms with van der Waals surface area (Å²) in [5, 5.41) is 9.58. The number of hydrogen-bond acceptors (Lipinski definition) is 1. The molecule has 2 rings (SSSR count). The normalized spacial score (nSPS) is 12.9. The molecular formula is C17H17BrO2. The summed E-state index contributed by atoms with van der Waals surface area (Å²) < 4.78 is 0.987. The second-order valence-corrected chi connectivity index (χ2v) is 6.34. The lowest BCUT2D eigenvalue weighted by Crippen LogP contribution is -2.32. The van der Waals surface area contributed by atoms with Gasteiger partial charge in [0.05, 0.1) is 5.41 Å². The highest BCUT2D eigenvalue weighted by atomic mass is 79.9. The molecule has 0 bridgehead atoms. The van der Waals surface area contributed by atoms with E-state index in [1.165, 1.54) is 0 Å². The highest BCUT2D eigenvalue weighted by Gasteiger charge is 2.38. The van der Waals surface area contributed by atoms with Crippen LogP contribution in [0.1, 0.15) is 30.9 Å². The van der Waals surface area contributed by atoms with Crippen LogP contribution < -0.4 is 0 Å². The number of hydrogen-bond donors (Lipinski definition) is 1. The van der Waals surface area contributed by atoms with Gasteiger partial charge in [-0.15, -0.1) is 0 Å². The van der Waals surface area contributed by atoms with Crippen molar-refractivity contribution < 1.29 is 9.90 Å². The molecule has 0 spiro atoms. The zero-order valence-corrected chi connectivity index (χ0v) is 13.1. The Bertz CT molecular complexity index is 588. The number of carbonyl (C=O) groups is 1. The molecule has 0 aromatic heterocycles. The Morgan fingerprint density at radius 1 is 1.00 bits per heavy atom. The van der Waals surface area contributed by atoms with Crippen molar-refractivity contribution in [2.45, 2.75) is 19.8 Å². The van der Waals surface area contributed by atoms with Crippen LogP contribution in [0.15, 0.2) is 59.1 Å². The molecule has 1 N–H and O–H groups in total. The van der Waals surface area contributed by atoms with Gasteiger partial charge in [-0.05, 0) is 37.1 Å². The van der Waals surface area contributed by atoms with Crippen LogP contribution in [0, 0.1) is 5.41 Å². The molecule has 1 unspecified atom stereocenters. The van der Waals surface area contributed by atoms with Crippen LogP contribution in [-0.4, -0.2) is 11.1 Å². The van der Waals surface area contributed by atoms with Crippen LogP contribution in [0.3, 0.4) is 0 Å². The molecule has 0 aliphatic heterocycles. The minimum Gasteiger partial charge on any atom is -0.481 e. The molecule has 2 nitrogen and oxygen atoms in total. The largest absolute Gasteiger partial charge is 0.481 e. The molecule has 20 heavy (non-hydrogen) atoms. The Balaban J connectivity index is 2.56. The number of carboxylic acids is 1. The highest BCUT2D eigenvalue weighted by Crippen LogP contribution is 2.41. The van der Waals surface area contributed by atoms with Gasteiger partial charge < -0.3 is 5.11 Å². The maximum absolute atomic E-state index is 11.7. The first kappa shape index (κ1) is 14.8. The van der Waals surface area contributed by atoms with Crippen molar-refractivity contribution in [3.05, 3.63) is 70.2 Å². The van der Waals surface area contributed by atoms with E-state index >= 15 is 0 Å². The first-order valence-corrected chi connectivity index (χ1v) is 7.26. The smallest absolute Gasteiger partial charge is 0.310 e. The predicted octanol–water partition coefficient (Wildman–Crippen LogP) is 4.69. The van der Waals surface area contributed by atoms with E-state index in [0.717, 1.165) is 15.6 Å². The van der Waals surface area contributed by atoms with Gasteiger partial charge in [0.15, 0.2) is 0 Å². The summed E-state index contributed by atoms with van der Waals surface area (Å²) in [5.41, 5.74) is 1.14. The fraction of sp³-hybridized carbons (Fsp3) is 0.235. The number of halogens is 1. The molecule has 0 amide bonds. The molecular weight excluding hydrogens is 316 g/mol. The second-order valence-electron chi connectivity index (χ2n) is 5.42. The van der Waals surface area contributed by atoms with Gasteiger partial charge in [0.25, 0.3) is 0 Å². The predicted molar refractivity (Wildman–Crippen MR) is 83.8 cm³/mol. The summed E-state index contributed by atoms with van der Waals surface area (Å²) in [5.74, 6) is -0.983. The average Bonchev–Trinajstić information content (AvgIpc) is 2.42. The summed E-state index contributed by atoms with van der Waals surface area (Å²) in [7, 11) is 0. The van der Waals surface area contributed by atoms with Crippen molar-refractivity contribution >= 4 is 21.9 Å². The lowest BCUT2D eigenvalue weighted by Gasteiger charge is -2.31. The van der Waals surface area contributed by atoms with Crippen molar-refractivity contribution in [2.75, 3.05) is 0 Å². The second kappa shape index (κ2) is 5.80. The Labute approximate surface area is 127 Å². The lowest BCUT2D eigenvalue weighted by atomic mass is 9.71. The number of aliphatic carboxylic acids is 1. The third-order valence-electron chi connectivity index (χ3n) is 3.61. The summed E-state index contributed by atoms with van der Waals surface area (Å²) in [6, 6.07) is 17.6. The van der Waals surface area contributed by atoms with E-state index in [9.17, 15) is 9.90 Å². The van der Waals surface area contributed by atoms with Gasteiger partial charge in [-0.3, -0.25) is 4.79 Å². The van der Waals surface area contributed by atoms with Crippen LogP contribution in [0.25, 0.3) is 0 Å². The standard InChI is InChI=1S/C17H17BrO2/c1-17(2,16(19)20)15(12-6-4-3-5-7-12)13-8-10-14(18)11-9-13/h3-11,15H,1-2H3,(H,19,20). The quantitative estimate of drug-likeness (QED) is 0.881. The number of carboxylic acid groups (broad SMARTS) is 1. The SMILES string of the molecule is CC(C)(C(=O)O)C(c1ccccc1)c1ccc(Br)cc1. The molecule has 2 aromatic carbocycles. The Kier molecular flexibility index (Phi) is 4.29. The molecule has 0 radical (unpaired) electrons. The molecule has 0 saturated carbocycles. The molecule has 0 aliphatic rings. The maximum Gasteiger partial charge on any atom is 0.310 e. The minimum atomic E-state index is -0.880. The van der Waals surface area contributed by atoms with Gasteiger partial charge in [-0.2, -0.15) is 0 Å². The zero-order chi connectivity index (χ0) is 14.8. The summed E-state index contributed by atoms with van der Waals surface area (Å²) in [4.78, 5) is 11.7. The fourth-order valence-corrected chi connectivity index (χ4v) is 2.71. The molecule has 0 saturated heterocycles. The Morgan fingerprint density at radius 2 is 1.50 bits per heavy atom. The van der Waals surface area contributed by atoms with Crippen molar-refractivity contribution in [1.29, 1.82) is 0 Å². The average molecular weight is 333 g/mol. The zero-order valence-electron chi connectivity index (χ0n) is 11.5. The van der Waals surface area contributed by atoms with E-state index in [-0.39, 0.29) is 5.92 Å². The molecule has 104 valence electrons. The number of rotatable bonds is 4. The third-order valence-corrected chi connectivity index (χ3v) is 4.14. The van der Waals surface area contributed by atoms with Gasteiger partial charge in [-0.1, -0.05) is 58.4 Å². The van der Waals surface area contributed by atoms with E-state index in [4.69, 9.17) is 0 Å². The molecule has 0 heterocycles.